The normalized spacial score (nSPS) is 19.2. The number of nitrogens with zero attached hydrogens (tertiary/aromatic N) is 1. The van der Waals surface area contributed by atoms with E-state index >= 15 is 0 Å². The number of hydrogen-bond donors (Lipinski definition) is 2. The fraction of sp³-hybridized carbons (Fsp3) is 0.462. The van der Waals surface area contributed by atoms with Crippen molar-refractivity contribution in [1.29, 1.82) is 0 Å². The third-order valence-corrected chi connectivity index (χ3v) is 4.76. The van der Waals surface area contributed by atoms with Crippen molar-refractivity contribution in [2.45, 2.75) is 12.8 Å². The van der Waals surface area contributed by atoms with Crippen LogP contribution in [0.2, 0.25) is 5.02 Å². The number of piperidine rings is 1. The van der Waals surface area contributed by atoms with Gasteiger partial charge in [0, 0.05) is 13.1 Å². The van der Waals surface area contributed by atoms with Crippen molar-refractivity contribution in [2.24, 2.45) is 11.1 Å². The summed E-state index contributed by atoms with van der Waals surface area (Å²) < 4.78 is 35.7. The first-order valence-electron chi connectivity index (χ1n) is 6.65. The van der Waals surface area contributed by atoms with Crippen LogP contribution in [-0.2, 0) is 10.0 Å². The van der Waals surface area contributed by atoms with Gasteiger partial charge in [-0.25, -0.2) is 17.9 Å². The number of rotatable bonds is 3. The summed E-state index contributed by atoms with van der Waals surface area (Å²) in [7, 11) is -3.63. The number of phenolic OH excluding ortho intramolecular Hbond substituents is 1. The molecule has 1 heterocycles. The molecule has 1 aromatic rings. The number of phenols is 1. The Kier molecular flexibility index (Phi) is 4.93. The van der Waals surface area contributed by atoms with Gasteiger partial charge in [-0.1, -0.05) is 11.6 Å². The molecule has 9 heteroatoms. The average Bonchev–Trinajstić information content (AvgIpc) is 2.40. The van der Waals surface area contributed by atoms with Gasteiger partial charge in [0.2, 0.25) is 10.0 Å². The Labute approximate surface area is 132 Å². The molecule has 1 atom stereocenters. The molecule has 1 aromatic carbocycles. The predicted octanol–water partition coefficient (Wildman–Crippen LogP) is 1.33. The van der Waals surface area contributed by atoms with E-state index in [1.807, 2.05) is 0 Å². The van der Waals surface area contributed by atoms with Gasteiger partial charge in [0.15, 0.2) is 0 Å². The monoisotopic (exact) mass is 350 g/mol. The van der Waals surface area contributed by atoms with Crippen LogP contribution < -0.4 is 5.14 Å². The van der Waals surface area contributed by atoms with Crippen LogP contribution in [0.3, 0.4) is 0 Å². The van der Waals surface area contributed by atoms with Gasteiger partial charge in [0.25, 0.3) is 5.91 Å². The number of carbonyl (C=O) groups is 1. The molecule has 0 bridgehead atoms. The second kappa shape index (κ2) is 6.39. The van der Waals surface area contributed by atoms with Crippen molar-refractivity contribution in [1.82, 2.24) is 4.90 Å². The van der Waals surface area contributed by atoms with Crippen LogP contribution in [0.5, 0.6) is 5.75 Å². The summed E-state index contributed by atoms with van der Waals surface area (Å²) in [5.74, 6) is -2.30. The van der Waals surface area contributed by atoms with E-state index in [1.165, 1.54) is 4.90 Å². The Bertz CT molecular complexity index is 696. The van der Waals surface area contributed by atoms with Gasteiger partial charge in [-0.3, -0.25) is 4.79 Å². The lowest BCUT2D eigenvalue weighted by molar-refractivity contribution is 0.0680. The highest BCUT2D eigenvalue weighted by atomic mass is 35.5. The van der Waals surface area contributed by atoms with Crippen LogP contribution in [0.15, 0.2) is 12.1 Å². The summed E-state index contributed by atoms with van der Waals surface area (Å²) in [6.07, 6.45) is 1.24. The van der Waals surface area contributed by atoms with Crippen molar-refractivity contribution in [3.05, 3.63) is 28.5 Å². The Morgan fingerprint density at radius 3 is 2.82 bits per heavy atom. The molecule has 2 rings (SSSR count). The molecule has 122 valence electrons. The summed E-state index contributed by atoms with van der Waals surface area (Å²) >= 11 is 5.66. The zero-order chi connectivity index (χ0) is 16.5. The molecule has 1 unspecified atom stereocenters. The SMILES string of the molecule is NS(=O)(=O)CC1CCCN(C(=O)c2cc(F)cc(Cl)c2O)C1. The molecule has 1 saturated heterocycles. The van der Waals surface area contributed by atoms with E-state index in [0.717, 1.165) is 12.1 Å². The van der Waals surface area contributed by atoms with Gasteiger partial charge in [-0.2, -0.15) is 0 Å². The number of primary sulfonamides is 1. The second-order valence-electron chi connectivity index (χ2n) is 5.37. The number of nitrogens with two attached hydrogens (primary N) is 1. The van der Waals surface area contributed by atoms with Crippen molar-refractivity contribution < 1.29 is 22.7 Å². The predicted molar refractivity (Wildman–Crippen MR) is 79.7 cm³/mol. The lowest BCUT2D eigenvalue weighted by atomic mass is 9.99. The lowest BCUT2D eigenvalue weighted by Crippen LogP contribution is -2.42. The highest BCUT2D eigenvalue weighted by molar-refractivity contribution is 7.89. The number of benzene rings is 1. The second-order valence-corrected chi connectivity index (χ2v) is 7.44. The standard InChI is InChI=1S/C13H16ClFN2O4S/c14-11-5-9(15)4-10(12(11)18)13(19)17-3-1-2-8(6-17)7-22(16,20)21/h4-5,8,18H,1-3,6-7H2,(H2,16,20,21). The van der Waals surface area contributed by atoms with E-state index in [1.54, 1.807) is 0 Å². The molecule has 6 nitrogen and oxygen atoms in total. The highest BCUT2D eigenvalue weighted by Crippen LogP contribution is 2.30. The third kappa shape index (κ3) is 4.08. The zero-order valence-electron chi connectivity index (χ0n) is 11.6. The van der Waals surface area contributed by atoms with Crippen LogP contribution in [-0.4, -0.2) is 43.2 Å². The number of likely N-dealkylation sites (tertiary alicyclic amines) is 1. The molecule has 0 aliphatic carbocycles. The van der Waals surface area contributed by atoms with Gasteiger partial charge in [0.05, 0.1) is 16.3 Å². The van der Waals surface area contributed by atoms with Crippen LogP contribution in [0.25, 0.3) is 0 Å². The molecule has 3 N–H and O–H groups in total. The third-order valence-electron chi connectivity index (χ3n) is 3.53. The molecule has 0 aromatic heterocycles. The van der Waals surface area contributed by atoms with E-state index in [-0.39, 0.29) is 28.8 Å². The Hall–Kier alpha value is -1.38. The zero-order valence-corrected chi connectivity index (χ0v) is 13.2. The van der Waals surface area contributed by atoms with Crippen molar-refractivity contribution in [2.75, 3.05) is 18.8 Å². The minimum atomic E-state index is -3.63. The van der Waals surface area contributed by atoms with Gasteiger partial charge in [-0.05, 0) is 30.9 Å². The number of sulfonamides is 1. The Balaban J connectivity index is 2.19. The van der Waals surface area contributed by atoms with E-state index < -0.39 is 27.5 Å². The smallest absolute Gasteiger partial charge is 0.257 e. The van der Waals surface area contributed by atoms with Crippen molar-refractivity contribution in [3.63, 3.8) is 0 Å². The fourth-order valence-electron chi connectivity index (χ4n) is 2.61. The minimum Gasteiger partial charge on any atom is -0.506 e. The first-order valence-corrected chi connectivity index (χ1v) is 8.74. The van der Waals surface area contributed by atoms with Gasteiger partial charge >= 0.3 is 0 Å². The number of amides is 1. The summed E-state index contributed by atoms with van der Waals surface area (Å²) in [5.41, 5.74) is -0.235. The van der Waals surface area contributed by atoms with Gasteiger partial charge < -0.3 is 10.0 Å². The largest absolute Gasteiger partial charge is 0.506 e. The van der Waals surface area contributed by atoms with Crippen LogP contribution in [0.1, 0.15) is 23.2 Å². The van der Waals surface area contributed by atoms with E-state index in [0.29, 0.717) is 19.4 Å². The fourth-order valence-corrected chi connectivity index (χ4v) is 3.75. The first-order chi connectivity index (χ1) is 10.2. The topological polar surface area (TPSA) is 101 Å². The molecular formula is C13H16ClFN2O4S. The van der Waals surface area contributed by atoms with E-state index in [2.05, 4.69) is 0 Å². The van der Waals surface area contributed by atoms with Crippen molar-refractivity contribution in [3.8, 4) is 5.75 Å². The quantitative estimate of drug-likeness (QED) is 0.858. The molecule has 1 amide bonds. The average molecular weight is 351 g/mol. The van der Waals surface area contributed by atoms with Crippen LogP contribution in [0, 0.1) is 11.7 Å². The summed E-state index contributed by atoms with van der Waals surface area (Å²) in [4.78, 5) is 13.8. The maximum absolute atomic E-state index is 13.4. The number of aromatic hydroxyl groups is 1. The molecule has 1 fully saturated rings. The molecule has 1 aliphatic rings. The van der Waals surface area contributed by atoms with Gasteiger partial charge in [0.1, 0.15) is 11.6 Å². The molecule has 0 radical (unpaired) electrons. The van der Waals surface area contributed by atoms with E-state index in [9.17, 15) is 22.7 Å². The maximum atomic E-state index is 13.4. The molecular weight excluding hydrogens is 335 g/mol. The minimum absolute atomic E-state index is 0.183. The van der Waals surface area contributed by atoms with Crippen LogP contribution >= 0.6 is 11.6 Å². The van der Waals surface area contributed by atoms with E-state index in [4.69, 9.17) is 16.7 Å². The first kappa shape index (κ1) is 17.0. The summed E-state index contributed by atoms with van der Waals surface area (Å²) in [6.45, 7) is 0.580. The molecule has 22 heavy (non-hydrogen) atoms. The Morgan fingerprint density at radius 1 is 1.50 bits per heavy atom. The molecule has 0 spiro atoms. The lowest BCUT2D eigenvalue weighted by Gasteiger charge is -2.32. The maximum Gasteiger partial charge on any atom is 0.257 e. The van der Waals surface area contributed by atoms with Gasteiger partial charge in [-0.15, -0.1) is 0 Å². The number of hydrogen-bond acceptors (Lipinski definition) is 4. The van der Waals surface area contributed by atoms with Crippen molar-refractivity contribution >= 4 is 27.5 Å². The Morgan fingerprint density at radius 2 is 2.18 bits per heavy atom. The highest BCUT2D eigenvalue weighted by Gasteiger charge is 2.28. The molecule has 1 aliphatic heterocycles. The number of halogens is 2. The summed E-state index contributed by atoms with van der Waals surface area (Å²) in [6, 6.07) is 1.82. The summed E-state index contributed by atoms with van der Waals surface area (Å²) in [5, 5.41) is 14.6. The van der Waals surface area contributed by atoms with Crippen LogP contribution in [0.4, 0.5) is 4.39 Å². The molecule has 0 saturated carbocycles. The number of carbonyl (C=O) groups excluding carboxylic acids is 1.